The number of aliphatic imine (C=N–C) groups is 1. The summed E-state index contributed by atoms with van der Waals surface area (Å²) in [5.41, 5.74) is 1.45. The van der Waals surface area contributed by atoms with Gasteiger partial charge in [-0.1, -0.05) is 41.9 Å². The van der Waals surface area contributed by atoms with Crippen LogP contribution >= 0.6 is 11.6 Å². The summed E-state index contributed by atoms with van der Waals surface area (Å²) in [6, 6.07) is 13.3. The first kappa shape index (κ1) is 19.5. The number of benzene rings is 2. The van der Waals surface area contributed by atoms with Crippen LogP contribution in [0.25, 0.3) is 0 Å². The quantitative estimate of drug-likeness (QED) is 0.520. The molecular formula is C19H15ClN2O6. The van der Waals surface area contributed by atoms with Gasteiger partial charge in [0.05, 0.1) is 24.2 Å². The second-order valence-corrected chi connectivity index (χ2v) is 6.38. The second-order valence-electron chi connectivity index (χ2n) is 5.95. The van der Waals surface area contributed by atoms with Gasteiger partial charge in [-0.05, 0) is 18.2 Å². The molecular weight excluding hydrogens is 388 g/mol. The van der Waals surface area contributed by atoms with Gasteiger partial charge in [-0.25, -0.2) is 4.99 Å². The largest absolute Gasteiger partial charge is 0.481 e. The lowest BCUT2D eigenvalue weighted by molar-refractivity contribution is -0.205. The average Bonchev–Trinajstić information content (AvgIpc) is 2.76. The molecule has 3 N–H and O–H groups in total. The number of carboxylic acids is 1. The Morgan fingerprint density at radius 2 is 1.86 bits per heavy atom. The lowest BCUT2D eigenvalue weighted by Crippen LogP contribution is -2.45. The Morgan fingerprint density at radius 1 is 1.14 bits per heavy atom. The molecule has 2 aromatic rings. The summed E-state index contributed by atoms with van der Waals surface area (Å²) in [5, 5.41) is 22.2. The first-order chi connectivity index (χ1) is 13.3. The maximum Gasteiger partial charge on any atom is 0.397 e. The van der Waals surface area contributed by atoms with Crippen molar-refractivity contribution >= 4 is 40.8 Å². The molecule has 0 radical (unpaired) electrons. The molecule has 144 valence electrons. The fraction of sp³-hybridized carbons (Fsp3) is 0.158. The third-order valence-corrected chi connectivity index (χ3v) is 4.13. The highest BCUT2D eigenvalue weighted by Gasteiger charge is 2.43. The Bertz CT molecular complexity index is 976. The number of aliphatic carboxylic acids is 1. The van der Waals surface area contributed by atoms with E-state index < -0.39 is 36.6 Å². The van der Waals surface area contributed by atoms with Gasteiger partial charge in [0, 0.05) is 16.1 Å². The number of halogens is 1. The monoisotopic (exact) mass is 402 g/mol. The number of esters is 1. The van der Waals surface area contributed by atoms with Crippen LogP contribution in [-0.2, 0) is 19.1 Å². The number of carboxylic acid groups (broad SMARTS) is 1. The zero-order chi connectivity index (χ0) is 20.3. The van der Waals surface area contributed by atoms with Crippen molar-refractivity contribution in [1.29, 1.82) is 0 Å². The molecule has 1 aliphatic heterocycles. The number of nitrogens with zero attached hydrogens (tertiary/aromatic N) is 1. The van der Waals surface area contributed by atoms with Crippen molar-refractivity contribution in [3.8, 4) is 0 Å². The van der Waals surface area contributed by atoms with Gasteiger partial charge in [-0.2, -0.15) is 0 Å². The standard InChI is InChI=1S/C19H15ClN2O6/c20-12-6-7-14-13(10-12)17(11-4-2-1-3-5-11)22-19(27,18(26)21-14)28-16(25)9-8-15(23)24/h1-7,10,27H,8-9H2,(H,21,26)(H,23,24)/t19-/m0/s1. The predicted molar refractivity (Wildman–Crippen MR) is 100 cm³/mol. The van der Waals surface area contributed by atoms with Gasteiger partial charge < -0.3 is 20.3 Å². The fourth-order valence-electron chi connectivity index (χ4n) is 2.59. The molecule has 0 unspecified atom stereocenters. The molecule has 0 saturated heterocycles. The van der Waals surface area contributed by atoms with Gasteiger partial charge >= 0.3 is 23.8 Å². The first-order valence-corrected chi connectivity index (χ1v) is 8.59. The number of hydrogen-bond acceptors (Lipinski definition) is 6. The number of anilines is 1. The van der Waals surface area contributed by atoms with E-state index in [1.54, 1.807) is 42.5 Å². The van der Waals surface area contributed by atoms with Gasteiger partial charge in [0.15, 0.2) is 0 Å². The third-order valence-electron chi connectivity index (χ3n) is 3.89. The molecule has 0 spiro atoms. The lowest BCUT2D eigenvalue weighted by Gasteiger charge is -2.21. The maximum atomic E-state index is 12.5. The first-order valence-electron chi connectivity index (χ1n) is 8.21. The minimum Gasteiger partial charge on any atom is -0.481 e. The van der Waals surface area contributed by atoms with Crippen LogP contribution in [0.5, 0.6) is 0 Å². The smallest absolute Gasteiger partial charge is 0.397 e. The van der Waals surface area contributed by atoms with Crippen molar-refractivity contribution in [2.24, 2.45) is 4.99 Å². The van der Waals surface area contributed by atoms with Crippen LogP contribution < -0.4 is 5.32 Å². The molecule has 2 aromatic carbocycles. The van der Waals surface area contributed by atoms with E-state index in [1.165, 1.54) is 6.07 Å². The number of aliphatic hydroxyl groups is 1. The molecule has 0 saturated carbocycles. The van der Waals surface area contributed by atoms with Gasteiger partial charge in [0.2, 0.25) is 0 Å². The molecule has 1 heterocycles. The Labute approximate surface area is 164 Å². The molecule has 0 bridgehead atoms. The van der Waals surface area contributed by atoms with Gasteiger partial charge in [-0.15, -0.1) is 0 Å². The Balaban J connectivity index is 2.07. The molecule has 8 nitrogen and oxygen atoms in total. The van der Waals surface area contributed by atoms with Crippen molar-refractivity contribution in [3.05, 3.63) is 64.7 Å². The summed E-state index contributed by atoms with van der Waals surface area (Å²) in [7, 11) is 0. The average molecular weight is 403 g/mol. The van der Waals surface area contributed by atoms with Gasteiger partial charge in [0.25, 0.3) is 0 Å². The minimum atomic E-state index is -2.87. The normalized spacial score (nSPS) is 18.4. The van der Waals surface area contributed by atoms with Crippen molar-refractivity contribution in [3.63, 3.8) is 0 Å². The molecule has 0 aliphatic carbocycles. The number of ether oxygens (including phenoxy) is 1. The molecule has 1 amide bonds. The van der Waals surface area contributed by atoms with E-state index in [-0.39, 0.29) is 5.71 Å². The minimum absolute atomic E-state index is 0.171. The number of carbonyl (C=O) groups is 3. The summed E-state index contributed by atoms with van der Waals surface area (Å²) in [5.74, 6) is -6.26. The van der Waals surface area contributed by atoms with Gasteiger partial charge in [-0.3, -0.25) is 14.4 Å². The molecule has 3 rings (SSSR count). The molecule has 1 aliphatic rings. The van der Waals surface area contributed by atoms with E-state index in [0.717, 1.165) is 0 Å². The van der Waals surface area contributed by atoms with E-state index >= 15 is 0 Å². The van der Waals surface area contributed by atoms with E-state index in [2.05, 4.69) is 10.3 Å². The molecule has 0 fully saturated rings. The summed E-state index contributed by atoms with van der Waals surface area (Å²) < 4.78 is 4.86. The number of hydrogen-bond donors (Lipinski definition) is 3. The van der Waals surface area contributed by atoms with E-state index in [0.29, 0.717) is 21.8 Å². The van der Waals surface area contributed by atoms with Gasteiger partial charge in [0.1, 0.15) is 0 Å². The van der Waals surface area contributed by atoms with Crippen LogP contribution in [0.4, 0.5) is 5.69 Å². The second kappa shape index (κ2) is 7.79. The van der Waals surface area contributed by atoms with Crippen LogP contribution in [0, 0.1) is 0 Å². The van der Waals surface area contributed by atoms with Crippen molar-refractivity contribution in [2.75, 3.05) is 5.32 Å². The van der Waals surface area contributed by atoms with Crippen LogP contribution in [0.1, 0.15) is 24.0 Å². The Morgan fingerprint density at radius 3 is 2.54 bits per heavy atom. The van der Waals surface area contributed by atoms with Crippen molar-refractivity contribution < 1.29 is 29.3 Å². The summed E-state index contributed by atoms with van der Waals surface area (Å²) in [4.78, 5) is 39.1. The SMILES string of the molecule is O=C(O)CCC(=O)O[C@]1(O)N=C(c2ccccc2)c2cc(Cl)ccc2NC1=O. The Kier molecular flexibility index (Phi) is 5.43. The molecule has 1 atom stereocenters. The zero-order valence-corrected chi connectivity index (χ0v) is 15.1. The number of rotatable bonds is 5. The number of nitrogens with one attached hydrogen (secondary N) is 1. The zero-order valence-electron chi connectivity index (χ0n) is 14.4. The van der Waals surface area contributed by atoms with E-state index in [9.17, 15) is 19.5 Å². The molecule has 9 heteroatoms. The number of carbonyl (C=O) groups excluding carboxylic acids is 2. The highest BCUT2D eigenvalue weighted by atomic mass is 35.5. The number of fused-ring (bicyclic) bond motifs is 1. The van der Waals surface area contributed by atoms with Crippen LogP contribution in [0.15, 0.2) is 53.5 Å². The van der Waals surface area contributed by atoms with Crippen molar-refractivity contribution in [1.82, 2.24) is 0 Å². The summed E-state index contributed by atoms with van der Waals surface area (Å²) in [6.45, 7) is 0. The Hall–Kier alpha value is -3.23. The highest BCUT2D eigenvalue weighted by molar-refractivity contribution is 6.32. The van der Waals surface area contributed by atoms with Crippen LogP contribution in [-0.4, -0.2) is 39.7 Å². The van der Waals surface area contributed by atoms with E-state index in [1.807, 2.05) is 0 Å². The molecule has 0 aromatic heterocycles. The molecule has 28 heavy (non-hydrogen) atoms. The van der Waals surface area contributed by atoms with Crippen LogP contribution in [0.2, 0.25) is 5.02 Å². The van der Waals surface area contributed by atoms with Crippen molar-refractivity contribution in [2.45, 2.75) is 18.8 Å². The fourth-order valence-corrected chi connectivity index (χ4v) is 2.76. The maximum absolute atomic E-state index is 12.5. The lowest BCUT2D eigenvalue weighted by atomic mass is 10.0. The predicted octanol–water partition coefficient (Wildman–Crippen LogP) is 2.18. The summed E-state index contributed by atoms with van der Waals surface area (Å²) >= 11 is 6.07. The topological polar surface area (TPSA) is 125 Å². The number of benzodiazepines with no additional fused rings is 1. The van der Waals surface area contributed by atoms with E-state index in [4.69, 9.17) is 21.4 Å². The summed E-state index contributed by atoms with van der Waals surface area (Å²) in [6.07, 6.45) is -1.04. The number of amides is 1. The highest BCUT2D eigenvalue weighted by Crippen LogP contribution is 2.30. The van der Waals surface area contributed by atoms with Crippen LogP contribution in [0.3, 0.4) is 0 Å². The third kappa shape index (κ3) is 4.19.